The summed E-state index contributed by atoms with van der Waals surface area (Å²) in [6.45, 7) is 2.93. The number of rotatable bonds is 7. The lowest BCUT2D eigenvalue weighted by Crippen LogP contribution is -2.11. The Morgan fingerprint density at radius 3 is 2.78 bits per heavy atom. The van der Waals surface area contributed by atoms with Crippen LogP contribution in [0.1, 0.15) is 30.9 Å². The quantitative estimate of drug-likeness (QED) is 0.610. The first kappa shape index (κ1) is 19.4. The van der Waals surface area contributed by atoms with Crippen molar-refractivity contribution in [2.45, 2.75) is 42.1 Å². The first-order chi connectivity index (χ1) is 12.9. The number of fused-ring (bicyclic) bond motifs is 1. The Morgan fingerprint density at radius 2 is 2.07 bits per heavy atom. The first-order valence-corrected chi connectivity index (χ1v) is 11.1. The second kappa shape index (κ2) is 8.13. The minimum absolute atomic E-state index is 0.0633. The molecular formula is C19H20N4O2S2. The van der Waals surface area contributed by atoms with E-state index in [-0.39, 0.29) is 4.90 Å². The van der Waals surface area contributed by atoms with E-state index in [1.165, 1.54) is 12.1 Å². The van der Waals surface area contributed by atoms with Gasteiger partial charge in [0.2, 0.25) is 10.0 Å². The summed E-state index contributed by atoms with van der Waals surface area (Å²) < 4.78 is 25.4. The second-order valence-electron chi connectivity index (χ2n) is 6.20. The molecule has 0 aliphatic heterocycles. The number of benzene rings is 2. The fourth-order valence-corrected chi connectivity index (χ4v) is 4.30. The minimum atomic E-state index is -3.76. The predicted molar refractivity (Wildman–Crippen MR) is 107 cm³/mol. The number of thioether (sulfide) groups is 1. The van der Waals surface area contributed by atoms with Crippen LogP contribution in [0.5, 0.6) is 0 Å². The summed E-state index contributed by atoms with van der Waals surface area (Å²) in [6, 6.07) is 14.4. The van der Waals surface area contributed by atoms with Gasteiger partial charge in [0.1, 0.15) is 0 Å². The maximum Gasteiger partial charge on any atom is 0.238 e. The van der Waals surface area contributed by atoms with Crippen molar-refractivity contribution >= 4 is 32.8 Å². The highest BCUT2D eigenvalue weighted by Crippen LogP contribution is 2.28. The molecule has 0 amide bonds. The van der Waals surface area contributed by atoms with E-state index in [2.05, 4.69) is 22.5 Å². The molecule has 2 N–H and O–H groups in total. The van der Waals surface area contributed by atoms with Crippen LogP contribution in [0.15, 0.2) is 52.5 Å². The molecule has 0 unspecified atom stereocenters. The van der Waals surface area contributed by atoms with Crippen molar-refractivity contribution in [3.63, 3.8) is 0 Å². The largest absolute Gasteiger partial charge is 0.319 e. The third kappa shape index (κ3) is 4.50. The molecule has 0 bridgehead atoms. The summed E-state index contributed by atoms with van der Waals surface area (Å²) in [5.41, 5.74) is 3.18. The summed E-state index contributed by atoms with van der Waals surface area (Å²) in [5, 5.41) is 15.1. The van der Waals surface area contributed by atoms with Crippen LogP contribution in [0.4, 0.5) is 0 Å². The van der Waals surface area contributed by atoms with Crippen molar-refractivity contribution in [3.8, 4) is 6.07 Å². The molecular weight excluding hydrogens is 380 g/mol. The zero-order chi connectivity index (χ0) is 19.4. The molecule has 0 aliphatic carbocycles. The van der Waals surface area contributed by atoms with E-state index < -0.39 is 10.0 Å². The molecule has 140 valence electrons. The van der Waals surface area contributed by atoms with Gasteiger partial charge in [0.05, 0.1) is 27.6 Å². The van der Waals surface area contributed by atoms with Crippen LogP contribution in [0, 0.1) is 11.3 Å². The summed E-state index contributed by atoms with van der Waals surface area (Å²) in [4.78, 5) is 4.70. The summed E-state index contributed by atoms with van der Waals surface area (Å²) in [6.07, 6.45) is 2.04. The van der Waals surface area contributed by atoms with E-state index in [1.54, 1.807) is 23.9 Å². The molecule has 0 spiro atoms. The Kier molecular flexibility index (Phi) is 5.85. The van der Waals surface area contributed by atoms with Crippen LogP contribution in [0.25, 0.3) is 11.0 Å². The number of aryl methyl sites for hydroxylation is 1. The monoisotopic (exact) mass is 400 g/mol. The van der Waals surface area contributed by atoms with Gasteiger partial charge < -0.3 is 4.57 Å². The number of unbranched alkanes of at least 4 members (excludes halogenated alkanes) is 1. The Labute approximate surface area is 163 Å². The highest BCUT2D eigenvalue weighted by molar-refractivity contribution is 7.98. The van der Waals surface area contributed by atoms with Crippen molar-refractivity contribution in [3.05, 3.63) is 53.6 Å². The lowest BCUT2D eigenvalue weighted by Gasteiger charge is -2.08. The molecule has 6 nitrogen and oxygen atoms in total. The van der Waals surface area contributed by atoms with Gasteiger partial charge in [0, 0.05) is 12.3 Å². The molecule has 0 saturated carbocycles. The second-order valence-corrected chi connectivity index (χ2v) is 8.70. The molecule has 3 aromatic rings. The normalized spacial score (nSPS) is 11.6. The van der Waals surface area contributed by atoms with Gasteiger partial charge >= 0.3 is 0 Å². The van der Waals surface area contributed by atoms with Gasteiger partial charge in [-0.2, -0.15) is 5.26 Å². The van der Waals surface area contributed by atoms with E-state index >= 15 is 0 Å². The van der Waals surface area contributed by atoms with Crippen LogP contribution in [-0.2, 0) is 22.3 Å². The van der Waals surface area contributed by atoms with Crippen LogP contribution < -0.4 is 5.14 Å². The fourth-order valence-electron chi connectivity index (χ4n) is 2.79. The van der Waals surface area contributed by atoms with Gasteiger partial charge in [-0.05, 0) is 42.3 Å². The Morgan fingerprint density at radius 1 is 1.26 bits per heavy atom. The molecule has 1 aromatic heterocycles. The Balaban J connectivity index is 1.95. The highest BCUT2D eigenvalue weighted by Gasteiger charge is 2.15. The van der Waals surface area contributed by atoms with Crippen LogP contribution in [0.3, 0.4) is 0 Å². The summed E-state index contributed by atoms with van der Waals surface area (Å²) in [5.74, 6) is 0.674. The molecule has 1 heterocycles. The molecule has 0 saturated heterocycles. The molecule has 2 aromatic carbocycles. The van der Waals surface area contributed by atoms with E-state index in [1.807, 2.05) is 18.2 Å². The van der Waals surface area contributed by atoms with Gasteiger partial charge in [0.15, 0.2) is 5.16 Å². The third-order valence-corrected chi connectivity index (χ3v) is 6.13. The lowest BCUT2D eigenvalue weighted by molar-refractivity contribution is 0.597. The zero-order valence-corrected chi connectivity index (χ0v) is 16.6. The van der Waals surface area contributed by atoms with E-state index in [9.17, 15) is 8.42 Å². The molecule has 0 atom stereocenters. The standard InChI is InChI=1S/C19H20N4O2S2/c1-2-3-9-23-18-8-7-16(27(21,24)25)11-17(18)22-19(23)26-13-15-6-4-5-14(10-15)12-20/h4-8,10-11H,2-3,9,13H2,1H3,(H2,21,24,25). The smallest absolute Gasteiger partial charge is 0.238 e. The average Bonchev–Trinajstić information content (AvgIpc) is 3.00. The number of nitrogens with zero attached hydrogens (tertiary/aromatic N) is 3. The Bertz CT molecular complexity index is 1110. The van der Waals surface area contributed by atoms with Crippen LogP contribution >= 0.6 is 11.8 Å². The number of nitrogens with two attached hydrogens (primary N) is 1. The molecule has 27 heavy (non-hydrogen) atoms. The van der Waals surface area contributed by atoms with E-state index in [0.29, 0.717) is 16.8 Å². The SMILES string of the molecule is CCCCn1c(SCc2cccc(C#N)c2)nc2cc(S(N)(=O)=O)ccc21. The molecule has 8 heteroatoms. The van der Waals surface area contributed by atoms with E-state index in [0.717, 1.165) is 35.6 Å². The number of aromatic nitrogens is 2. The van der Waals surface area contributed by atoms with Crippen molar-refractivity contribution in [1.82, 2.24) is 9.55 Å². The molecule has 3 rings (SSSR count). The molecule has 0 fully saturated rings. The summed E-state index contributed by atoms with van der Waals surface area (Å²) in [7, 11) is -3.76. The number of primary sulfonamides is 1. The number of sulfonamides is 1. The number of hydrogen-bond acceptors (Lipinski definition) is 5. The van der Waals surface area contributed by atoms with Crippen molar-refractivity contribution in [2.24, 2.45) is 5.14 Å². The van der Waals surface area contributed by atoms with Crippen LogP contribution in [-0.4, -0.2) is 18.0 Å². The maximum atomic E-state index is 11.6. The van der Waals surface area contributed by atoms with Crippen molar-refractivity contribution in [2.75, 3.05) is 0 Å². The van der Waals surface area contributed by atoms with Gasteiger partial charge in [0.25, 0.3) is 0 Å². The number of imidazole rings is 1. The Hall–Kier alpha value is -2.34. The van der Waals surface area contributed by atoms with Crippen LogP contribution in [0.2, 0.25) is 0 Å². The van der Waals surface area contributed by atoms with Crippen molar-refractivity contribution in [1.29, 1.82) is 5.26 Å². The van der Waals surface area contributed by atoms with Crippen molar-refractivity contribution < 1.29 is 8.42 Å². The van der Waals surface area contributed by atoms with E-state index in [4.69, 9.17) is 10.4 Å². The topological polar surface area (TPSA) is 102 Å². The third-order valence-electron chi connectivity index (χ3n) is 4.17. The average molecular weight is 401 g/mol. The highest BCUT2D eigenvalue weighted by atomic mass is 32.2. The zero-order valence-electron chi connectivity index (χ0n) is 14.9. The molecule has 0 aliphatic rings. The minimum Gasteiger partial charge on any atom is -0.319 e. The summed E-state index contributed by atoms with van der Waals surface area (Å²) >= 11 is 1.57. The van der Waals surface area contributed by atoms with Gasteiger partial charge in [-0.25, -0.2) is 18.5 Å². The number of nitriles is 1. The lowest BCUT2D eigenvalue weighted by atomic mass is 10.2. The number of hydrogen-bond donors (Lipinski definition) is 1. The predicted octanol–water partition coefficient (Wildman–Crippen LogP) is 3.65. The van der Waals surface area contributed by atoms with Gasteiger partial charge in [-0.15, -0.1) is 0 Å². The fraction of sp³-hybridized carbons (Fsp3) is 0.263. The van der Waals surface area contributed by atoms with Gasteiger partial charge in [-0.3, -0.25) is 0 Å². The van der Waals surface area contributed by atoms with Gasteiger partial charge in [-0.1, -0.05) is 37.2 Å². The maximum absolute atomic E-state index is 11.6. The first-order valence-electron chi connectivity index (χ1n) is 8.57. The molecule has 0 radical (unpaired) electrons.